The van der Waals surface area contributed by atoms with Crippen LogP contribution in [0.25, 0.3) is 11.1 Å². The van der Waals surface area contributed by atoms with Crippen LogP contribution < -0.4 is 0 Å². The fourth-order valence-electron chi connectivity index (χ4n) is 3.34. The lowest BCUT2D eigenvalue weighted by atomic mass is 9.99. The summed E-state index contributed by atoms with van der Waals surface area (Å²) < 4.78 is 1.99. The van der Waals surface area contributed by atoms with Crippen molar-refractivity contribution in [2.45, 2.75) is 52.5 Å². The number of unbranched alkanes of at least 4 members (excludes halogenated alkanes) is 2. The minimum Gasteiger partial charge on any atom is -0.478 e. The quantitative estimate of drug-likeness (QED) is 0.534. The molecule has 28 heavy (non-hydrogen) atoms. The number of aromatic carboxylic acids is 1. The van der Waals surface area contributed by atoms with Gasteiger partial charge in [-0.25, -0.2) is 14.5 Å². The van der Waals surface area contributed by atoms with Gasteiger partial charge in [-0.3, -0.25) is 0 Å². The summed E-state index contributed by atoms with van der Waals surface area (Å²) in [5.41, 5.74) is 3.07. The number of carboxylic acids is 1. The average Bonchev–Trinajstić information content (AvgIpc) is 3.10. The molecule has 0 saturated carbocycles. The molecule has 2 aromatic carbocycles. The molecule has 1 aromatic heterocycles. The first-order chi connectivity index (χ1) is 13.6. The van der Waals surface area contributed by atoms with E-state index in [1.165, 1.54) is 12.8 Å². The number of aromatic nitrogens is 3. The van der Waals surface area contributed by atoms with Crippen molar-refractivity contribution in [2.24, 2.45) is 0 Å². The Morgan fingerprint density at radius 2 is 1.79 bits per heavy atom. The van der Waals surface area contributed by atoms with Crippen molar-refractivity contribution in [3.8, 4) is 11.1 Å². The highest BCUT2D eigenvalue weighted by molar-refractivity contribution is 5.95. The maximum Gasteiger partial charge on any atom is 0.336 e. The summed E-state index contributed by atoms with van der Waals surface area (Å²) in [6.45, 7) is 4.97. The summed E-state index contributed by atoms with van der Waals surface area (Å²) in [7, 11) is 0. The molecule has 1 heterocycles. The number of benzene rings is 2. The van der Waals surface area contributed by atoms with Gasteiger partial charge in [-0.05, 0) is 29.2 Å². The Labute approximate surface area is 166 Å². The molecule has 0 aliphatic carbocycles. The number of hydrogen-bond acceptors (Lipinski definition) is 3. The predicted octanol–water partition coefficient (Wildman–Crippen LogP) is 4.99. The maximum atomic E-state index is 11.5. The molecule has 3 aromatic rings. The molecule has 0 bridgehead atoms. The lowest BCUT2D eigenvalue weighted by Crippen LogP contribution is -2.06. The molecule has 0 aliphatic rings. The molecule has 0 unspecified atom stereocenters. The van der Waals surface area contributed by atoms with Gasteiger partial charge in [0.15, 0.2) is 5.82 Å². The molecule has 0 fully saturated rings. The molecule has 5 nitrogen and oxygen atoms in total. The molecule has 0 atom stereocenters. The number of nitrogens with zero attached hydrogens (tertiary/aromatic N) is 3. The van der Waals surface area contributed by atoms with Gasteiger partial charge in [0.05, 0.1) is 12.1 Å². The van der Waals surface area contributed by atoms with E-state index in [0.717, 1.165) is 47.6 Å². The topological polar surface area (TPSA) is 68.0 Å². The number of rotatable bonds is 9. The Morgan fingerprint density at radius 1 is 1.04 bits per heavy atom. The van der Waals surface area contributed by atoms with Gasteiger partial charge < -0.3 is 5.11 Å². The van der Waals surface area contributed by atoms with Crippen molar-refractivity contribution in [2.75, 3.05) is 0 Å². The van der Waals surface area contributed by atoms with Crippen LogP contribution in [0.15, 0.2) is 48.5 Å². The van der Waals surface area contributed by atoms with E-state index in [2.05, 4.69) is 18.8 Å². The van der Waals surface area contributed by atoms with Gasteiger partial charge in [0, 0.05) is 12.8 Å². The van der Waals surface area contributed by atoms with Crippen LogP contribution in [-0.4, -0.2) is 25.8 Å². The third kappa shape index (κ3) is 4.66. The van der Waals surface area contributed by atoms with Crippen molar-refractivity contribution in [1.29, 1.82) is 0 Å². The van der Waals surface area contributed by atoms with Crippen LogP contribution in [0.4, 0.5) is 0 Å². The zero-order valence-corrected chi connectivity index (χ0v) is 16.6. The first-order valence-electron chi connectivity index (χ1n) is 9.96. The van der Waals surface area contributed by atoms with E-state index in [4.69, 9.17) is 5.10 Å². The predicted molar refractivity (Wildman–Crippen MR) is 111 cm³/mol. The summed E-state index contributed by atoms with van der Waals surface area (Å²) in [4.78, 5) is 16.1. The molecule has 0 saturated heterocycles. The molecule has 0 aliphatic heterocycles. The average molecular weight is 377 g/mol. The van der Waals surface area contributed by atoms with Gasteiger partial charge in [0.25, 0.3) is 0 Å². The van der Waals surface area contributed by atoms with Gasteiger partial charge in [-0.15, -0.1) is 0 Å². The van der Waals surface area contributed by atoms with Gasteiger partial charge in [-0.1, -0.05) is 69.2 Å². The smallest absolute Gasteiger partial charge is 0.336 e. The molecular formula is C23H27N3O2. The zero-order chi connectivity index (χ0) is 19.9. The first-order valence-corrected chi connectivity index (χ1v) is 9.96. The van der Waals surface area contributed by atoms with Crippen LogP contribution in [0, 0.1) is 0 Å². The molecule has 0 spiro atoms. The van der Waals surface area contributed by atoms with Crippen LogP contribution in [0.5, 0.6) is 0 Å². The first kappa shape index (κ1) is 19.8. The van der Waals surface area contributed by atoms with Crippen LogP contribution in [0.3, 0.4) is 0 Å². The van der Waals surface area contributed by atoms with Gasteiger partial charge >= 0.3 is 5.97 Å². The minimum atomic E-state index is -0.912. The van der Waals surface area contributed by atoms with E-state index in [1.54, 1.807) is 12.1 Å². The second-order valence-electron chi connectivity index (χ2n) is 6.96. The van der Waals surface area contributed by atoms with Gasteiger partial charge in [-0.2, -0.15) is 5.10 Å². The largest absolute Gasteiger partial charge is 0.478 e. The Balaban J connectivity index is 1.77. The summed E-state index contributed by atoms with van der Waals surface area (Å²) in [5.74, 6) is 1.02. The number of carbonyl (C=O) groups is 1. The van der Waals surface area contributed by atoms with Crippen molar-refractivity contribution in [1.82, 2.24) is 14.8 Å². The van der Waals surface area contributed by atoms with Crippen molar-refractivity contribution in [3.63, 3.8) is 0 Å². The lowest BCUT2D eigenvalue weighted by Gasteiger charge is -2.08. The van der Waals surface area contributed by atoms with Crippen molar-refractivity contribution >= 4 is 5.97 Å². The Hall–Kier alpha value is -2.95. The molecule has 0 radical (unpaired) electrons. The summed E-state index contributed by atoms with van der Waals surface area (Å²) in [5, 5.41) is 14.1. The zero-order valence-electron chi connectivity index (χ0n) is 16.6. The minimum absolute atomic E-state index is 0.316. The van der Waals surface area contributed by atoms with E-state index < -0.39 is 5.97 Å². The SMILES string of the molecule is CCCCCc1nc(CC)n(Cc2ccc(-c3ccccc3C(=O)O)cc2)n1. The third-order valence-corrected chi connectivity index (χ3v) is 4.87. The Bertz CT molecular complexity index is 929. The normalized spacial score (nSPS) is 10.9. The summed E-state index contributed by atoms with van der Waals surface area (Å²) in [6.07, 6.45) is 5.30. The molecule has 1 N–H and O–H groups in total. The summed E-state index contributed by atoms with van der Waals surface area (Å²) in [6, 6.07) is 15.1. The highest BCUT2D eigenvalue weighted by atomic mass is 16.4. The molecule has 0 amide bonds. The monoisotopic (exact) mass is 377 g/mol. The molecular weight excluding hydrogens is 350 g/mol. The standard InChI is InChI=1S/C23H27N3O2/c1-3-5-6-11-21-24-22(4-2)26(25-21)16-17-12-14-18(15-13-17)19-9-7-8-10-20(19)23(27)28/h7-10,12-15H,3-6,11,16H2,1-2H3,(H,27,28). The highest BCUT2D eigenvalue weighted by Gasteiger charge is 2.12. The fourth-order valence-corrected chi connectivity index (χ4v) is 3.34. The van der Waals surface area contributed by atoms with E-state index in [1.807, 2.05) is 41.1 Å². The van der Waals surface area contributed by atoms with E-state index in [-0.39, 0.29) is 0 Å². The molecule has 3 rings (SSSR count). The van der Waals surface area contributed by atoms with Gasteiger partial charge in [0.1, 0.15) is 5.82 Å². The highest BCUT2D eigenvalue weighted by Crippen LogP contribution is 2.24. The third-order valence-electron chi connectivity index (χ3n) is 4.87. The lowest BCUT2D eigenvalue weighted by molar-refractivity contribution is 0.0697. The Kier molecular flexibility index (Phi) is 6.58. The fraction of sp³-hybridized carbons (Fsp3) is 0.348. The maximum absolute atomic E-state index is 11.5. The van der Waals surface area contributed by atoms with Gasteiger partial charge in [0.2, 0.25) is 0 Å². The van der Waals surface area contributed by atoms with Crippen LogP contribution >= 0.6 is 0 Å². The second-order valence-corrected chi connectivity index (χ2v) is 6.96. The molecule has 146 valence electrons. The van der Waals surface area contributed by atoms with Crippen LogP contribution in [0.2, 0.25) is 0 Å². The molecule has 5 heteroatoms. The second kappa shape index (κ2) is 9.31. The van der Waals surface area contributed by atoms with Crippen LogP contribution in [0.1, 0.15) is 60.7 Å². The number of hydrogen-bond donors (Lipinski definition) is 1. The van der Waals surface area contributed by atoms with E-state index in [0.29, 0.717) is 12.1 Å². The number of carboxylic acid groups (broad SMARTS) is 1. The van der Waals surface area contributed by atoms with Crippen LogP contribution in [-0.2, 0) is 19.4 Å². The Morgan fingerprint density at radius 3 is 2.46 bits per heavy atom. The van der Waals surface area contributed by atoms with Crippen molar-refractivity contribution in [3.05, 3.63) is 71.3 Å². The summed E-state index contributed by atoms with van der Waals surface area (Å²) >= 11 is 0. The van der Waals surface area contributed by atoms with E-state index >= 15 is 0 Å². The number of aryl methyl sites for hydroxylation is 2. The van der Waals surface area contributed by atoms with Crippen molar-refractivity contribution < 1.29 is 9.90 Å². The van der Waals surface area contributed by atoms with E-state index in [9.17, 15) is 9.90 Å².